The van der Waals surface area contributed by atoms with E-state index in [0.29, 0.717) is 18.5 Å². The summed E-state index contributed by atoms with van der Waals surface area (Å²) in [6, 6.07) is 10.7. The van der Waals surface area contributed by atoms with Gasteiger partial charge in [0.25, 0.3) is 0 Å². The number of benzene rings is 1. The van der Waals surface area contributed by atoms with Crippen LogP contribution in [0.4, 0.5) is 0 Å². The summed E-state index contributed by atoms with van der Waals surface area (Å²) in [5, 5.41) is 1.95. The molecule has 0 aromatic heterocycles. The molecule has 2 aliphatic rings. The van der Waals surface area contributed by atoms with Crippen LogP contribution in [-0.2, 0) is 16.1 Å². The maximum atomic E-state index is 11.8. The van der Waals surface area contributed by atoms with E-state index in [1.54, 1.807) is 0 Å². The Morgan fingerprint density at radius 2 is 1.71 bits per heavy atom. The van der Waals surface area contributed by atoms with Gasteiger partial charge >= 0.3 is 5.97 Å². The van der Waals surface area contributed by atoms with Crippen molar-refractivity contribution in [2.24, 2.45) is 0 Å². The van der Waals surface area contributed by atoms with Crippen molar-refractivity contribution >= 4 is 5.97 Å². The zero-order valence-corrected chi connectivity index (χ0v) is 9.84. The van der Waals surface area contributed by atoms with Crippen LogP contribution in [0.1, 0.15) is 31.2 Å². The Morgan fingerprint density at radius 3 is 2.29 bits per heavy atom. The van der Waals surface area contributed by atoms with E-state index in [1.165, 1.54) is 25.7 Å². The molecule has 0 atom stereocenters. The molecule has 3 heteroatoms. The van der Waals surface area contributed by atoms with Crippen molar-refractivity contribution in [2.75, 3.05) is 0 Å². The van der Waals surface area contributed by atoms with E-state index in [0.717, 1.165) is 5.56 Å². The molecule has 0 saturated carbocycles. The lowest BCUT2D eigenvalue weighted by atomic mass is 10.0. The van der Waals surface area contributed by atoms with Crippen LogP contribution >= 0.6 is 0 Å². The first-order valence-corrected chi connectivity index (χ1v) is 6.36. The van der Waals surface area contributed by atoms with Crippen LogP contribution in [0.3, 0.4) is 0 Å². The van der Waals surface area contributed by atoms with Gasteiger partial charge in [0.05, 0.1) is 6.42 Å². The van der Waals surface area contributed by atoms with Crippen molar-refractivity contribution < 1.29 is 9.63 Å². The Hall–Kier alpha value is -1.35. The minimum absolute atomic E-state index is 0.130. The van der Waals surface area contributed by atoms with Crippen LogP contribution in [0.5, 0.6) is 0 Å². The molecule has 2 heterocycles. The Labute approximate surface area is 101 Å². The second-order valence-corrected chi connectivity index (χ2v) is 4.95. The Bertz CT molecular complexity index is 384. The van der Waals surface area contributed by atoms with Gasteiger partial charge in [0.2, 0.25) is 0 Å². The molecule has 1 aromatic rings. The molecule has 0 amide bonds. The Morgan fingerprint density at radius 1 is 1.12 bits per heavy atom. The van der Waals surface area contributed by atoms with Gasteiger partial charge in [-0.15, -0.1) is 5.06 Å². The van der Waals surface area contributed by atoms with E-state index in [-0.39, 0.29) is 5.97 Å². The fraction of sp³-hybridized carbons (Fsp3) is 0.500. The molecule has 1 aromatic carbocycles. The molecular weight excluding hydrogens is 214 g/mol. The van der Waals surface area contributed by atoms with Gasteiger partial charge in [0.15, 0.2) is 0 Å². The second-order valence-electron chi connectivity index (χ2n) is 4.95. The number of hydrogen-bond acceptors (Lipinski definition) is 3. The quantitative estimate of drug-likeness (QED) is 0.799. The fourth-order valence-electron chi connectivity index (χ4n) is 2.93. The van der Waals surface area contributed by atoms with Crippen LogP contribution in [0.15, 0.2) is 30.3 Å². The third-order valence-corrected chi connectivity index (χ3v) is 3.78. The van der Waals surface area contributed by atoms with Crippen molar-refractivity contribution in [3.8, 4) is 0 Å². The molecule has 0 spiro atoms. The average molecular weight is 231 g/mol. The number of carbonyl (C=O) groups is 1. The van der Waals surface area contributed by atoms with Crippen molar-refractivity contribution in [2.45, 2.75) is 44.2 Å². The topological polar surface area (TPSA) is 29.5 Å². The smallest absolute Gasteiger partial charge is 0.329 e. The van der Waals surface area contributed by atoms with E-state index in [9.17, 15) is 4.79 Å². The zero-order chi connectivity index (χ0) is 11.7. The SMILES string of the molecule is O=C(Cc1ccccc1)ON1C2CCC1CC2. The molecular formula is C14H17NO2. The van der Waals surface area contributed by atoms with Crippen molar-refractivity contribution in [3.63, 3.8) is 0 Å². The second kappa shape index (κ2) is 4.49. The van der Waals surface area contributed by atoms with E-state index in [4.69, 9.17) is 4.84 Å². The van der Waals surface area contributed by atoms with Gasteiger partial charge < -0.3 is 4.84 Å². The molecule has 2 bridgehead atoms. The first kappa shape index (κ1) is 10.8. The molecule has 2 fully saturated rings. The molecule has 17 heavy (non-hydrogen) atoms. The largest absolute Gasteiger partial charge is 0.367 e. The van der Waals surface area contributed by atoms with Crippen LogP contribution in [0.25, 0.3) is 0 Å². The lowest BCUT2D eigenvalue weighted by molar-refractivity contribution is -0.196. The summed E-state index contributed by atoms with van der Waals surface area (Å²) < 4.78 is 0. The summed E-state index contributed by atoms with van der Waals surface area (Å²) in [5.41, 5.74) is 1.02. The molecule has 3 nitrogen and oxygen atoms in total. The van der Waals surface area contributed by atoms with Crippen LogP contribution < -0.4 is 0 Å². The molecule has 0 aliphatic carbocycles. The third kappa shape index (κ3) is 2.20. The van der Waals surface area contributed by atoms with E-state index < -0.39 is 0 Å². The van der Waals surface area contributed by atoms with Gasteiger partial charge in [-0.05, 0) is 31.2 Å². The summed E-state index contributed by atoms with van der Waals surface area (Å²) in [4.78, 5) is 17.3. The van der Waals surface area contributed by atoms with E-state index >= 15 is 0 Å². The highest BCUT2D eigenvalue weighted by atomic mass is 16.7. The number of hydroxylamine groups is 2. The van der Waals surface area contributed by atoms with Crippen molar-refractivity contribution in [1.29, 1.82) is 0 Å². The summed E-state index contributed by atoms with van der Waals surface area (Å²) in [5.74, 6) is -0.130. The van der Waals surface area contributed by atoms with Gasteiger partial charge in [0, 0.05) is 12.1 Å². The summed E-state index contributed by atoms with van der Waals surface area (Å²) in [6.07, 6.45) is 5.11. The highest BCUT2D eigenvalue weighted by Gasteiger charge is 2.42. The molecule has 0 unspecified atom stereocenters. The summed E-state index contributed by atoms with van der Waals surface area (Å²) in [6.45, 7) is 0. The number of carbonyl (C=O) groups excluding carboxylic acids is 1. The number of fused-ring (bicyclic) bond motifs is 2. The predicted molar refractivity (Wildman–Crippen MR) is 64.1 cm³/mol. The van der Waals surface area contributed by atoms with Gasteiger partial charge in [-0.25, -0.2) is 4.79 Å². The first-order chi connectivity index (χ1) is 8.33. The maximum absolute atomic E-state index is 11.8. The minimum Gasteiger partial charge on any atom is -0.367 e. The van der Waals surface area contributed by atoms with Crippen molar-refractivity contribution in [1.82, 2.24) is 5.06 Å². The lowest BCUT2D eigenvalue weighted by Crippen LogP contribution is -2.32. The number of rotatable bonds is 3. The first-order valence-electron chi connectivity index (χ1n) is 6.36. The highest BCUT2D eigenvalue weighted by Crippen LogP contribution is 2.37. The normalized spacial score (nSPS) is 27.3. The zero-order valence-electron chi connectivity index (χ0n) is 9.84. The molecule has 0 radical (unpaired) electrons. The molecule has 3 rings (SSSR count). The van der Waals surface area contributed by atoms with E-state index in [1.807, 2.05) is 35.4 Å². The number of nitrogens with zero attached hydrogens (tertiary/aromatic N) is 1. The third-order valence-electron chi connectivity index (χ3n) is 3.78. The van der Waals surface area contributed by atoms with Crippen LogP contribution in [0, 0.1) is 0 Å². The minimum atomic E-state index is -0.130. The lowest BCUT2D eigenvalue weighted by Gasteiger charge is -2.20. The number of hydrogen-bond donors (Lipinski definition) is 0. The van der Waals surface area contributed by atoms with Gasteiger partial charge in [-0.3, -0.25) is 0 Å². The molecule has 90 valence electrons. The summed E-state index contributed by atoms with van der Waals surface area (Å²) >= 11 is 0. The van der Waals surface area contributed by atoms with Gasteiger partial charge in [-0.2, -0.15) is 0 Å². The Balaban J connectivity index is 1.57. The van der Waals surface area contributed by atoms with Gasteiger partial charge in [-0.1, -0.05) is 30.3 Å². The molecule has 0 N–H and O–H groups in total. The van der Waals surface area contributed by atoms with E-state index in [2.05, 4.69) is 0 Å². The fourth-order valence-corrected chi connectivity index (χ4v) is 2.93. The van der Waals surface area contributed by atoms with Crippen LogP contribution in [-0.4, -0.2) is 23.1 Å². The van der Waals surface area contributed by atoms with Gasteiger partial charge in [0.1, 0.15) is 0 Å². The Kier molecular flexibility index (Phi) is 2.85. The highest BCUT2D eigenvalue weighted by molar-refractivity contribution is 5.72. The molecule has 2 aliphatic heterocycles. The standard InChI is InChI=1S/C14H17NO2/c16-14(10-11-4-2-1-3-5-11)17-15-12-6-7-13(15)9-8-12/h1-5,12-13H,6-10H2. The maximum Gasteiger partial charge on any atom is 0.329 e. The van der Waals surface area contributed by atoms with Crippen LogP contribution in [0.2, 0.25) is 0 Å². The predicted octanol–water partition coefficient (Wildman–Crippen LogP) is 2.31. The summed E-state index contributed by atoms with van der Waals surface area (Å²) in [7, 11) is 0. The van der Waals surface area contributed by atoms with Crippen molar-refractivity contribution in [3.05, 3.63) is 35.9 Å². The monoisotopic (exact) mass is 231 g/mol. The average Bonchev–Trinajstić information content (AvgIpc) is 2.90. The molecule has 2 saturated heterocycles.